The predicted molar refractivity (Wildman–Crippen MR) is 111 cm³/mol. The number of likely N-dealkylation sites (tertiary alicyclic amines) is 1. The van der Waals surface area contributed by atoms with Crippen molar-refractivity contribution in [2.45, 2.75) is 44.2 Å². The van der Waals surface area contributed by atoms with Crippen LogP contribution < -0.4 is 4.46 Å². The number of aliphatic hydroxyl groups excluding tert-OH is 1. The number of carbonyl (C=O) groups is 1. The third kappa shape index (κ3) is 4.45. The Kier molecular flexibility index (Phi) is 6.10. The molecule has 1 fully saturated rings. The summed E-state index contributed by atoms with van der Waals surface area (Å²) in [5.41, 5.74) is 0.593. The van der Waals surface area contributed by atoms with Crippen molar-refractivity contribution in [2.24, 2.45) is 11.8 Å². The fourth-order valence-electron chi connectivity index (χ4n) is 3.85. The van der Waals surface area contributed by atoms with Gasteiger partial charge in [0, 0.05) is 0 Å². The molecule has 3 rings (SSSR count). The second-order valence-electron chi connectivity index (χ2n) is 8.30. The van der Waals surface area contributed by atoms with Crippen LogP contribution in [0.15, 0.2) is 60.7 Å². The van der Waals surface area contributed by atoms with E-state index >= 15 is 0 Å². The van der Waals surface area contributed by atoms with Crippen molar-refractivity contribution in [1.29, 1.82) is 0 Å². The van der Waals surface area contributed by atoms with E-state index < -0.39 is 6.10 Å². The summed E-state index contributed by atoms with van der Waals surface area (Å²) in [6, 6.07) is 20.1. The molecule has 1 aliphatic heterocycles. The van der Waals surface area contributed by atoms with Crippen LogP contribution in [-0.4, -0.2) is 43.0 Å². The van der Waals surface area contributed by atoms with Crippen LogP contribution in [0.5, 0.6) is 0 Å². The first kappa shape index (κ1) is 20.1. The molecule has 1 amide bonds. The van der Waals surface area contributed by atoms with Gasteiger partial charge in [-0.3, -0.25) is 0 Å². The molecule has 1 saturated heterocycles. The van der Waals surface area contributed by atoms with E-state index in [0.717, 1.165) is 5.56 Å². The summed E-state index contributed by atoms with van der Waals surface area (Å²) in [6.07, 6.45) is -0.759. The van der Waals surface area contributed by atoms with Gasteiger partial charge in [0.05, 0.1) is 0 Å². The maximum absolute atomic E-state index is 13.3. The van der Waals surface area contributed by atoms with E-state index in [0.29, 0.717) is 11.4 Å². The first-order valence-corrected chi connectivity index (χ1v) is 11.4. The Hall–Kier alpha value is -1.61. The van der Waals surface area contributed by atoms with Gasteiger partial charge in [0.1, 0.15) is 0 Å². The van der Waals surface area contributed by atoms with E-state index in [4.69, 9.17) is 0 Å². The van der Waals surface area contributed by atoms with E-state index in [-0.39, 0.29) is 38.2 Å². The molecule has 0 radical (unpaired) electrons. The summed E-state index contributed by atoms with van der Waals surface area (Å²) in [5.74, 6) is -0.154. The van der Waals surface area contributed by atoms with Gasteiger partial charge in [-0.15, -0.1) is 0 Å². The molecule has 0 aliphatic carbocycles. The quantitative estimate of drug-likeness (QED) is 0.739. The maximum atomic E-state index is 13.3. The van der Waals surface area contributed by atoms with Gasteiger partial charge in [0.15, 0.2) is 0 Å². The molecule has 0 spiro atoms. The Labute approximate surface area is 168 Å². The Morgan fingerprint density at radius 2 is 1.59 bits per heavy atom. The minimum absolute atomic E-state index is 0.0829. The Bertz CT molecular complexity index is 757. The summed E-state index contributed by atoms with van der Waals surface area (Å²) >= 11 is 0.259. The standard InChI is InChI=1S/C23H29NO2Se/c1-16(27-18-13-9-6-10-14-18)19-15-24(23(2,3)4)22(26)20(19)21(25)17-11-7-5-8-12-17/h5-14,16,19-21,25H,15H2,1-4H3/t16?,19-,20+,21?/m1/s1. The minimum atomic E-state index is -0.759. The molecule has 3 nitrogen and oxygen atoms in total. The van der Waals surface area contributed by atoms with E-state index in [2.05, 4.69) is 52.0 Å². The van der Waals surface area contributed by atoms with Crippen molar-refractivity contribution >= 4 is 25.3 Å². The second kappa shape index (κ2) is 8.18. The van der Waals surface area contributed by atoms with Crippen molar-refractivity contribution in [3.63, 3.8) is 0 Å². The van der Waals surface area contributed by atoms with Crippen LogP contribution in [0, 0.1) is 11.8 Å². The zero-order valence-corrected chi connectivity index (χ0v) is 18.2. The molecule has 2 aromatic carbocycles. The summed E-state index contributed by atoms with van der Waals surface area (Å²) in [5, 5.41) is 11.1. The first-order valence-electron chi connectivity index (χ1n) is 9.55. The van der Waals surface area contributed by atoms with Gasteiger partial charge in [0.25, 0.3) is 0 Å². The molecule has 0 saturated carbocycles. The van der Waals surface area contributed by atoms with E-state index in [1.807, 2.05) is 41.3 Å². The van der Waals surface area contributed by atoms with Crippen molar-refractivity contribution < 1.29 is 9.90 Å². The van der Waals surface area contributed by atoms with Gasteiger partial charge in [-0.1, -0.05) is 0 Å². The van der Waals surface area contributed by atoms with Crippen LogP contribution in [0.3, 0.4) is 0 Å². The van der Waals surface area contributed by atoms with Gasteiger partial charge in [-0.25, -0.2) is 0 Å². The zero-order chi connectivity index (χ0) is 19.6. The molecular weight excluding hydrogens is 401 g/mol. The fourth-order valence-corrected chi connectivity index (χ4v) is 6.31. The molecule has 27 heavy (non-hydrogen) atoms. The van der Waals surface area contributed by atoms with Gasteiger partial charge >= 0.3 is 169 Å². The average molecular weight is 430 g/mol. The SMILES string of the molecule is CC([Se]c1ccccc1)[C@H]1CN(C(C)(C)C)C(=O)[C@@H]1C(O)c1ccccc1. The topological polar surface area (TPSA) is 40.5 Å². The number of aliphatic hydroxyl groups is 1. The van der Waals surface area contributed by atoms with Crippen molar-refractivity contribution in [3.05, 3.63) is 66.2 Å². The third-order valence-electron chi connectivity index (χ3n) is 5.36. The molecule has 2 aromatic rings. The normalized spacial score (nSPS) is 22.7. The van der Waals surface area contributed by atoms with Crippen molar-refractivity contribution in [2.75, 3.05) is 6.54 Å². The van der Waals surface area contributed by atoms with Crippen LogP contribution in [0.25, 0.3) is 0 Å². The van der Waals surface area contributed by atoms with Crippen LogP contribution in [-0.2, 0) is 4.79 Å². The molecule has 4 heteroatoms. The Morgan fingerprint density at radius 3 is 2.15 bits per heavy atom. The van der Waals surface area contributed by atoms with E-state index in [9.17, 15) is 9.90 Å². The average Bonchev–Trinajstić information content (AvgIpc) is 3.00. The van der Waals surface area contributed by atoms with Crippen molar-refractivity contribution in [3.8, 4) is 0 Å². The molecule has 2 unspecified atom stereocenters. The van der Waals surface area contributed by atoms with Gasteiger partial charge < -0.3 is 0 Å². The summed E-state index contributed by atoms with van der Waals surface area (Å²) in [6.45, 7) is 9.18. The number of rotatable bonds is 5. The van der Waals surface area contributed by atoms with Gasteiger partial charge in [-0.05, 0) is 0 Å². The summed E-state index contributed by atoms with van der Waals surface area (Å²) < 4.78 is 1.34. The van der Waals surface area contributed by atoms with Crippen molar-refractivity contribution in [1.82, 2.24) is 4.90 Å². The zero-order valence-electron chi connectivity index (χ0n) is 16.5. The van der Waals surface area contributed by atoms with Gasteiger partial charge in [-0.2, -0.15) is 0 Å². The Balaban J connectivity index is 1.89. The summed E-state index contributed by atoms with van der Waals surface area (Å²) in [7, 11) is 0. The monoisotopic (exact) mass is 431 g/mol. The molecule has 144 valence electrons. The number of carbonyl (C=O) groups excluding carboxylic acids is 1. The van der Waals surface area contributed by atoms with Crippen LogP contribution >= 0.6 is 0 Å². The fraction of sp³-hybridized carbons (Fsp3) is 0.435. The van der Waals surface area contributed by atoms with E-state index in [1.165, 1.54) is 4.46 Å². The second-order valence-corrected chi connectivity index (χ2v) is 11.3. The van der Waals surface area contributed by atoms with Gasteiger partial charge in [0.2, 0.25) is 0 Å². The Morgan fingerprint density at radius 1 is 1.04 bits per heavy atom. The molecule has 0 aromatic heterocycles. The number of hydrogen-bond donors (Lipinski definition) is 1. The number of nitrogens with zero attached hydrogens (tertiary/aromatic N) is 1. The molecule has 1 aliphatic rings. The number of hydrogen-bond acceptors (Lipinski definition) is 2. The van der Waals surface area contributed by atoms with E-state index in [1.54, 1.807) is 0 Å². The molecular formula is C23H29NO2Se. The third-order valence-corrected chi connectivity index (χ3v) is 8.02. The molecule has 0 bridgehead atoms. The number of benzene rings is 2. The predicted octanol–water partition coefficient (Wildman–Crippen LogP) is 3.43. The summed E-state index contributed by atoms with van der Waals surface area (Å²) in [4.78, 5) is 15.6. The number of amides is 1. The van der Waals surface area contributed by atoms with Crippen LogP contribution in [0.2, 0.25) is 4.82 Å². The molecule has 1 N–H and O–H groups in total. The van der Waals surface area contributed by atoms with Crippen LogP contribution in [0.1, 0.15) is 39.4 Å². The van der Waals surface area contributed by atoms with Crippen LogP contribution in [0.4, 0.5) is 0 Å². The first-order chi connectivity index (χ1) is 12.8. The molecule has 1 heterocycles. The molecule has 4 atom stereocenters.